The van der Waals surface area contributed by atoms with E-state index in [1.165, 1.54) is 77.9 Å². The van der Waals surface area contributed by atoms with Crippen LogP contribution in [0.1, 0.15) is 67.6 Å². The summed E-state index contributed by atoms with van der Waals surface area (Å²) >= 11 is 0. The smallest absolute Gasteiger partial charge is 0.0711 e. The number of hydrogen-bond donors (Lipinski definition) is 0. The fourth-order valence-electron chi connectivity index (χ4n) is 10.8. The van der Waals surface area contributed by atoms with Gasteiger partial charge in [-0.25, -0.2) is 0 Å². The molecule has 0 saturated heterocycles. The standard InChI is InChI=1S/C62H43N/c1-7-21-42(22-8-1)45-37-58(43-23-9-2-10-24-43)63-59(38-45)61-52-36-35-49(62(46-27-13-4-14-28-46,47-29-15-5-16-30-47)48-31-17-6-18-32-48)39-53(52)55-40-54-50-33-19-20-34-51(50)60(56(54)41-57(55)61)44-25-11-3-12-26-44/h1-41,60-61H. The van der Waals surface area contributed by atoms with Gasteiger partial charge in [0.1, 0.15) is 0 Å². The van der Waals surface area contributed by atoms with Crippen LogP contribution in [0.4, 0.5) is 0 Å². The van der Waals surface area contributed by atoms with Gasteiger partial charge in [-0.2, -0.15) is 0 Å². The molecule has 2 unspecified atom stereocenters. The maximum Gasteiger partial charge on any atom is 0.0711 e. The highest BCUT2D eigenvalue weighted by atomic mass is 14.7. The zero-order valence-corrected chi connectivity index (χ0v) is 34.8. The predicted molar refractivity (Wildman–Crippen MR) is 259 cm³/mol. The van der Waals surface area contributed by atoms with Crippen molar-refractivity contribution in [3.63, 3.8) is 0 Å². The molecule has 0 radical (unpaired) electrons. The van der Waals surface area contributed by atoms with E-state index in [4.69, 9.17) is 4.98 Å². The van der Waals surface area contributed by atoms with Crippen molar-refractivity contribution in [2.75, 3.05) is 0 Å². The zero-order valence-electron chi connectivity index (χ0n) is 34.8. The summed E-state index contributed by atoms with van der Waals surface area (Å²) in [5, 5.41) is 0. The first-order valence-electron chi connectivity index (χ1n) is 22.0. The molecule has 2 aliphatic carbocycles. The highest BCUT2D eigenvalue weighted by Crippen LogP contribution is 2.57. The number of rotatable bonds is 8. The quantitative estimate of drug-likeness (QED) is 0.140. The van der Waals surface area contributed by atoms with Crippen molar-refractivity contribution < 1.29 is 0 Å². The van der Waals surface area contributed by atoms with Gasteiger partial charge >= 0.3 is 0 Å². The van der Waals surface area contributed by atoms with Crippen molar-refractivity contribution in [3.05, 3.63) is 304 Å². The van der Waals surface area contributed by atoms with Crippen LogP contribution in [-0.2, 0) is 5.41 Å². The summed E-state index contributed by atoms with van der Waals surface area (Å²) in [6.45, 7) is 0. The summed E-state index contributed by atoms with van der Waals surface area (Å²) in [5.41, 5.74) is 21.6. The van der Waals surface area contributed by atoms with E-state index in [2.05, 4.69) is 249 Å². The molecule has 0 N–H and O–H groups in total. The minimum Gasteiger partial charge on any atom is -0.252 e. The average Bonchev–Trinajstić information content (AvgIpc) is 3.86. The molecule has 296 valence electrons. The molecule has 63 heavy (non-hydrogen) atoms. The van der Waals surface area contributed by atoms with Gasteiger partial charge < -0.3 is 0 Å². The molecule has 0 spiro atoms. The van der Waals surface area contributed by atoms with Crippen LogP contribution in [0.5, 0.6) is 0 Å². The number of fused-ring (bicyclic) bond motifs is 6. The molecule has 1 heteroatoms. The van der Waals surface area contributed by atoms with Crippen LogP contribution in [0.25, 0.3) is 44.6 Å². The zero-order chi connectivity index (χ0) is 41.7. The second-order valence-corrected chi connectivity index (χ2v) is 16.9. The van der Waals surface area contributed by atoms with Gasteiger partial charge in [-0.05, 0) is 108 Å². The molecule has 1 aromatic heterocycles. The van der Waals surface area contributed by atoms with Crippen molar-refractivity contribution in [1.82, 2.24) is 4.98 Å². The van der Waals surface area contributed by atoms with Crippen molar-refractivity contribution in [1.29, 1.82) is 0 Å². The predicted octanol–water partition coefficient (Wildman–Crippen LogP) is 15.1. The van der Waals surface area contributed by atoms with E-state index in [-0.39, 0.29) is 11.8 Å². The molecule has 0 saturated carbocycles. The molecule has 2 aliphatic rings. The number of pyridine rings is 1. The Hall–Kier alpha value is -7.87. The Kier molecular flexibility index (Phi) is 8.94. The van der Waals surface area contributed by atoms with E-state index in [0.29, 0.717) is 0 Å². The summed E-state index contributed by atoms with van der Waals surface area (Å²) in [7, 11) is 0. The second kappa shape index (κ2) is 15.2. The fraction of sp³-hybridized carbons (Fsp3) is 0.0484. The largest absolute Gasteiger partial charge is 0.252 e. The van der Waals surface area contributed by atoms with Crippen molar-refractivity contribution in [2.45, 2.75) is 17.3 Å². The Morgan fingerprint density at radius 2 is 0.762 bits per heavy atom. The van der Waals surface area contributed by atoms with Gasteiger partial charge in [0.25, 0.3) is 0 Å². The van der Waals surface area contributed by atoms with Gasteiger partial charge in [-0.3, -0.25) is 4.98 Å². The SMILES string of the molecule is c1ccc(-c2cc(-c3ccccc3)nc(C3c4ccc(C(c5ccccc5)(c5ccccc5)c5ccccc5)cc4-c4cc5c(cc43)C(c3ccccc3)c3ccccc3-5)c2)cc1. The molecule has 10 aromatic rings. The number of aromatic nitrogens is 1. The molecule has 9 aromatic carbocycles. The third kappa shape index (κ3) is 6.03. The molecular weight excluding hydrogens is 759 g/mol. The Morgan fingerprint density at radius 3 is 1.38 bits per heavy atom. The van der Waals surface area contributed by atoms with Crippen LogP contribution in [0.3, 0.4) is 0 Å². The van der Waals surface area contributed by atoms with Crippen LogP contribution < -0.4 is 0 Å². The number of benzene rings is 9. The van der Waals surface area contributed by atoms with Gasteiger partial charge in [0.05, 0.1) is 22.7 Å². The molecule has 0 amide bonds. The first kappa shape index (κ1) is 36.9. The van der Waals surface area contributed by atoms with E-state index in [1.807, 2.05) is 0 Å². The van der Waals surface area contributed by atoms with E-state index < -0.39 is 5.41 Å². The lowest BCUT2D eigenvalue weighted by Crippen LogP contribution is -2.31. The third-order valence-corrected chi connectivity index (χ3v) is 13.6. The Bertz CT molecular complexity index is 3100. The van der Waals surface area contributed by atoms with Gasteiger partial charge in [0.2, 0.25) is 0 Å². The van der Waals surface area contributed by atoms with Crippen molar-refractivity contribution >= 4 is 0 Å². The molecule has 12 rings (SSSR count). The lowest BCUT2D eigenvalue weighted by atomic mass is 9.64. The van der Waals surface area contributed by atoms with E-state index in [9.17, 15) is 0 Å². The lowest BCUT2D eigenvalue weighted by Gasteiger charge is -2.37. The van der Waals surface area contributed by atoms with Crippen molar-refractivity contribution in [3.8, 4) is 44.6 Å². The molecule has 1 nitrogen and oxygen atoms in total. The van der Waals surface area contributed by atoms with Crippen LogP contribution in [0.2, 0.25) is 0 Å². The second-order valence-electron chi connectivity index (χ2n) is 16.9. The average molecular weight is 802 g/mol. The van der Waals surface area contributed by atoms with Crippen LogP contribution in [0.15, 0.2) is 249 Å². The van der Waals surface area contributed by atoms with E-state index in [1.54, 1.807) is 0 Å². The van der Waals surface area contributed by atoms with E-state index in [0.717, 1.165) is 22.5 Å². The third-order valence-electron chi connectivity index (χ3n) is 13.6. The Morgan fingerprint density at radius 1 is 0.286 bits per heavy atom. The monoisotopic (exact) mass is 801 g/mol. The molecular formula is C62H43N. The van der Waals surface area contributed by atoms with Gasteiger partial charge in [-0.1, -0.05) is 224 Å². The van der Waals surface area contributed by atoms with Crippen LogP contribution in [0, 0.1) is 0 Å². The van der Waals surface area contributed by atoms with Gasteiger partial charge in [0, 0.05) is 11.5 Å². The summed E-state index contributed by atoms with van der Waals surface area (Å²) < 4.78 is 0. The summed E-state index contributed by atoms with van der Waals surface area (Å²) in [6, 6.07) is 91.6. The Labute approximate surface area is 369 Å². The summed E-state index contributed by atoms with van der Waals surface area (Å²) in [6.07, 6.45) is 0. The topological polar surface area (TPSA) is 12.9 Å². The number of hydrogen-bond acceptors (Lipinski definition) is 1. The molecule has 2 atom stereocenters. The summed E-state index contributed by atoms with van der Waals surface area (Å²) in [4.78, 5) is 5.63. The van der Waals surface area contributed by atoms with Crippen molar-refractivity contribution in [2.24, 2.45) is 0 Å². The highest BCUT2D eigenvalue weighted by Gasteiger charge is 2.42. The Balaban J connectivity index is 1.16. The maximum atomic E-state index is 5.63. The van der Waals surface area contributed by atoms with Crippen LogP contribution in [-0.4, -0.2) is 4.98 Å². The number of nitrogens with zero attached hydrogens (tertiary/aromatic N) is 1. The minimum absolute atomic E-state index is 0.0971. The first-order valence-corrected chi connectivity index (χ1v) is 22.0. The highest BCUT2D eigenvalue weighted by molar-refractivity contribution is 5.91. The minimum atomic E-state index is -0.579. The molecule has 0 aliphatic heterocycles. The molecule has 1 heterocycles. The first-order chi connectivity index (χ1) is 31.3. The normalized spacial score (nSPS) is 14.7. The van der Waals surface area contributed by atoms with Gasteiger partial charge in [-0.15, -0.1) is 0 Å². The summed E-state index contributed by atoms with van der Waals surface area (Å²) in [5.74, 6) is 0.0354. The maximum absolute atomic E-state index is 5.63. The van der Waals surface area contributed by atoms with Crippen LogP contribution >= 0.6 is 0 Å². The molecule has 0 bridgehead atoms. The lowest BCUT2D eigenvalue weighted by molar-refractivity contribution is 0.745. The molecule has 0 fully saturated rings. The fourth-order valence-corrected chi connectivity index (χ4v) is 10.8. The van der Waals surface area contributed by atoms with E-state index >= 15 is 0 Å². The van der Waals surface area contributed by atoms with Gasteiger partial charge in [0.15, 0.2) is 0 Å².